The van der Waals surface area contributed by atoms with Gasteiger partial charge in [-0.25, -0.2) is 5.01 Å². The SMILES string of the molecule is COc1ccc(C2=NN(C(=O)COc3ccc(C)c(C)c3)[C@@H](c3ccco3)C2)cc1. The number of hydrogen-bond acceptors (Lipinski definition) is 5. The van der Waals surface area contributed by atoms with Crippen LogP contribution in [-0.4, -0.2) is 30.3 Å². The van der Waals surface area contributed by atoms with Gasteiger partial charge in [-0.05, 0) is 79.1 Å². The molecule has 3 aromatic rings. The van der Waals surface area contributed by atoms with Crippen molar-refractivity contribution in [3.8, 4) is 11.5 Å². The van der Waals surface area contributed by atoms with E-state index in [1.807, 2.05) is 68.4 Å². The summed E-state index contributed by atoms with van der Waals surface area (Å²) < 4.78 is 16.6. The Labute approximate surface area is 175 Å². The predicted molar refractivity (Wildman–Crippen MR) is 114 cm³/mol. The Balaban J connectivity index is 1.54. The van der Waals surface area contributed by atoms with Crippen LogP contribution in [0.5, 0.6) is 11.5 Å². The summed E-state index contributed by atoms with van der Waals surface area (Å²) in [5.41, 5.74) is 4.06. The highest BCUT2D eigenvalue weighted by molar-refractivity contribution is 6.03. The van der Waals surface area contributed by atoms with E-state index in [1.165, 1.54) is 10.6 Å². The number of amides is 1. The van der Waals surface area contributed by atoms with Crippen molar-refractivity contribution in [3.05, 3.63) is 83.3 Å². The topological polar surface area (TPSA) is 64.3 Å². The molecule has 6 nitrogen and oxygen atoms in total. The molecule has 0 bridgehead atoms. The first-order valence-corrected chi connectivity index (χ1v) is 9.82. The normalized spacial score (nSPS) is 15.8. The molecule has 1 aromatic heterocycles. The number of hydrazone groups is 1. The summed E-state index contributed by atoms with van der Waals surface area (Å²) in [6.45, 7) is 3.96. The largest absolute Gasteiger partial charge is 0.497 e. The average molecular weight is 404 g/mol. The Bertz CT molecular complexity index is 1060. The number of ether oxygens (including phenoxy) is 2. The molecule has 2 aromatic carbocycles. The lowest BCUT2D eigenvalue weighted by atomic mass is 10.0. The molecule has 0 N–H and O–H groups in total. The lowest BCUT2D eigenvalue weighted by Gasteiger charge is -2.20. The van der Waals surface area contributed by atoms with Crippen molar-refractivity contribution in [1.29, 1.82) is 0 Å². The summed E-state index contributed by atoms with van der Waals surface area (Å²) in [7, 11) is 1.63. The highest BCUT2D eigenvalue weighted by atomic mass is 16.5. The first-order chi connectivity index (χ1) is 14.5. The molecule has 4 rings (SSSR count). The van der Waals surface area contributed by atoms with Gasteiger partial charge in [0.25, 0.3) is 5.91 Å². The summed E-state index contributed by atoms with van der Waals surface area (Å²) in [6, 6.07) is 16.8. The molecular formula is C24H24N2O4. The minimum absolute atomic E-state index is 0.0981. The predicted octanol–water partition coefficient (Wildman–Crippen LogP) is 4.66. The van der Waals surface area contributed by atoms with Crippen LogP contribution < -0.4 is 9.47 Å². The van der Waals surface area contributed by atoms with E-state index in [4.69, 9.17) is 13.9 Å². The number of carbonyl (C=O) groups is 1. The second-order valence-electron chi connectivity index (χ2n) is 7.28. The maximum Gasteiger partial charge on any atom is 0.281 e. The van der Waals surface area contributed by atoms with Gasteiger partial charge in [0, 0.05) is 6.42 Å². The van der Waals surface area contributed by atoms with Crippen molar-refractivity contribution in [3.63, 3.8) is 0 Å². The Kier molecular flexibility index (Phi) is 5.57. The van der Waals surface area contributed by atoms with Gasteiger partial charge in [-0.1, -0.05) is 6.07 Å². The van der Waals surface area contributed by atoms with Crippen molar-refractivity contribution >= 4 is 11.6 Å². The number of benzene rings is 2. The first kappa shape index (κ1) is 19.8. The van der Waals surface area contributed by atoms with Crippen molar-refractivity contribution < 1.29 is 18.7 Å². The van der Waals surface area contributed by atoms with Crippen LogP contribution in [0.4, 0.5) is 0 Å². The second kappa shape index (κ2) is 8.45. The zero-order chi connectivity index (χ0) is 21.1. The van der Waals surface area contributed by atoms with Gasteiger partial charge >= 0.3 is 0 Å². The number of furan rings is 1. The monoisotopic (exact) mass is 404 g/mol. The summed E-state index contributed by atoms with van der Waals surface area (Å²) >= 11 is 0. The third kappa shape index (κ3) is 4.08. The van der Waals surface area contributed by atoms with Crippen LogP contribution in [0, 0.1) is 13.8 Å². The van der Waals surface area contributed by atoms with E-state index in [0.717, 1.165) is 22.6 Å². The van der Waals surface area contributed by atoms with Crippen LogP contribution >= 0.6 is 0 Å². The van der Waals surface area contributed by atoms with Crippen LogP contribution in [0.2, 0.25) is 0 Å². The summed E-state index contributed by atoms with van der Waals surface area (Å²) in [4.78, 5) is 13.0. The molecule has 6 heteroatoms. The molecule has 0 radical (unpaired) electrons. The van der Waals surface area contributed by atoms with Gasteiger partial charge in [0.05, 0.1) is 19.1 Å². The molecule has 1 amide bonds. The molecular weight excluding hydrogens is 380 g/mol. The van der Waals surface area contributed by atoms with Crippen molar-refractivity contribution in [2.45, 2.75) is 26.3 Å². The molecule has 0 spiro atoms. The molecule has 0 saturated carbocycles. The number of carbonyl (C=O) groups excluding carboxylic acids is 1. The van der Waals surface area contributed by atoms with Gasteiger partial charge in [-0.2, -0.15) is 5.10 Å². The van der Waals surface area contributed by atoms with E-state index < -0.39 is 0 Å². The molecule has 1 aliphatic rings. The van der Waals surface area contributed by atoms with Crippen molar-refractivity contribution in [2.24, 2.45) is 5.10 Å². The quantitative estimate of drug-likeness (QED) is 0.599. The van der Waals surface area contributed by atoms with E-state index in [0.29, 0.717) is 17.9 Å². The van der Waals surface area contributed by atoms with Crippen LogP contribution in [0.1, 0.15) is 34.9 Å². The number of aryl methyl sites for hydroxylation is 2. The molecule has 0 aliphatic carbocycles. The summed E-state index contributed by atoms with van der Waals surface area (Å²) in [5.74, 6) is 1.91. The second-order valence-corrected chi connectivity index (χ2v) is 7.28. The highest BCUT2D eigenvalue weighted by Crippen LogP contribution is 2.33. The smallest absolute Gasteiger partial charge is 0.281 e. The summed E-state index contributed by atoms with van der Waals surface area (Å²) in [6.07, 6.45) is 2.17. The highest BCUT2D eigenvalue weighted by Gasteiger charge is 2.35. The lowest BCUT2D eigenvalue weighted by Crippen LogP contribution is -2.31. The Morgan fingerprint density at radius 1 is 1.10 bits per heavy atom. The number of methoxy groups -OCH3 is 1. The number of hydrogen-bond donors (Lipinski definition) is 0. The van der Waals surface area contributed by atoms with Crippen molar-refractivity contribution in [1.82, 2.24) is 5.01 Å². The zero-order valence-corrected chi connectivity index (χ0v) is 17.3. The Morgan fingerprint density at radius 3 is 2.53 bits per heavy atom. The Morgan fingerprint density at radius 2 is 1.87 bits per heavy atom. The van der Waals surface area contributed by atoms with Gasteiger partial charge < -0.3 is 13.9 Å². The molecule has 0 fully saturated rings. The molecule has 154 valence electrons. The minimum Gasteiger partial charge on any atom is -0.497 e. The fourth-order valence-corrected chi connectivity index (χ4v) is 3.42. The number of rotatable bonds is 6. The third-order valence-electron chi connectivity index (χ3n) is 5.30. The fourth-order valence-electron chi connectivity index (χ4n) is 3.42. The van der Waals surface area contributed by atoms with E-state index in [-0.39, 0.29) is 18.6 Å². The number of nitrogens with zero attached hydrogens (tertiary/aromatic N) is 2. The van der Waals surface area contributed by atoms with Gasteiger partial charge in [-0.3, -0.25) is 4.79 Å². The maximum atomic E-state index is 13.0. The first-order valence-electron chi connectivity index (χ1n) is 9.82. The molecule has 1 atom stereocenters. The van der Waals surface area contributed by atoms with Crippen LogP contribution in [0.15, 0.2) is 70.4 Å². The Hall–Kier alpha value is -3.54. The van der Waals surface area contributed by atoms with E-state index in [9.17, 15) is 4.79 Å². The van der Waals surface area contributed by atoms with Gasteiger partial charge in [0.15, 0.2) is 6.61 Å². The third-order valence-corrected chi connectivity index (χ3v) is 5.30. The maximum absolute atomic E-state index is 13.0. The van der Waals surface area contributed by atoms with Crippen LogP contribution in [0.3, 0.4) is 0 Å². The van der Waals surface area contributed by atoms with Gasteiger partial charge in [0.2, 0.25) is 0 Å². The molecule has 0 unspecified atom stereocenters. The minimum atomic E-state index is -0.298. The molecule has 30 heavy (non-hydrogen) atoms. The van der Waals surface area contributed by atoms with Gasteiger partial charge in [-0.15, -0.1) is 0 Å². The van der Waals surface area contributed by atoms with E-state index in [2.05, 4.69) is 5.10 Å². The average Bonchev–Trinajstić information content (AvgIpc) is 3.44. The van der Waals surface area contributed by atoms with Crippen LogP contribution in [-0.2, 0) is 4.79 Å². The van der Waals surface area contributed by atoms with E-state index >= 15 is 0 Å². The zero-order valence-electron chi connectivity index (χ0n) is 17.3. The molecule has 2 heterocycles. The molecule has 0 saturated heterocycles. The lowest BCUT2D eigenvalue weighted by molar-refractivity contribution is -0.135. The summed E-state index contributed by atoms with van der Waals surface area (Å²) in [5, 5.41) is 6.09. The van der Waals surface area contributed by atoms with Crippen LogP contribution in [0.25, 0.3) is 0 Å². The van der Waals surface area contributed by atoms with Gasteiger partial charge in [0.1, 0.15) is 23.3 Å². The molecule has 1 aliphatic heterocycles. The van der Waals surface area contributed by atoms with Crippen molar-refractivity contribution in [2.75, 3.05) is 13.7 Å². The fraction of sp³-hybridized carbons (Fsp3) is 0.250. The van der Waals surface area contributed by atoms with E-state index in [1.54, 1.807) is 13.4 Å². The standard InChI is InChI=1S/C24H24N2O4/c1-16-6-9-20(13-17(16)2)30-15-24(27)26-22(23-5-4-12-29-23)14-21(25-26)18-7-10-19(28-3)11-8-18/h4-13,22H,14-15H2,1-3H3/t22-/m1/s1.